The summed E-state index contributed by atoms with van der Waals surface area (Å²) in [5.41, 5.74) is 1.55. The molecule has 0 bridgehead atoms. The summed E-state index contributed by atoms with van der Waals surface area (Å²) in [6.45, 7) is 0.322. The molecule has 10 heteroatoms. The Morgan fingerprint density at radius 2 is 2.32 bits per heavy atom. The Morgan fingerprint density at radius 3 is 3.20 bits per heavy atom. The normalized spacial score (nSPS) is 11.0. The summed E-state index contributed by atoms with van der Waals surface area (Å²) in [5.74, 6) is 1.22. The molecule has 9 nitrogen and oxygen atoms in total. The molecule has 4 heterocycles. The van der Waals surface area contributed by atoms with Crippen molar-refractivity contribution in [2.45, 2.75) is 17.5 Å². The Bertz CT molecular complexity index is 992. The molecule has 0 aliphatic heterocycles. The van der Waals surface area contributed by atoms with Crippen LogP contribution in [0.15, 0.2) is 52.7 Å². The zero-order valence-electron chi connectivity index (χ0n) is 12.9. The van der Waals surface area contributed by atoms with Crippen LogP contribution in [0.25, 0.3) is 5.65 Å². The van der Waals surface area contributed by atoms with E-state index in [0.717, 1.165) is 5.56 Å². The van der Waals surface area contributed by atoms with Crippen LogP contribution in [0.3, 0.4) is 0 Å². The molecule has 0 unspecified atom stereocenters. The fourth-order valence-corrected chi connectivity index (χ4v) is 2.92. The van der Waals surface area contributed by atoms with E-state index in [1.54, 1.807) is 41.3 Å². The molecule has 0 atom stereocenters. The standard InChI is InChI=1S/C15H13N7O2S/c23-14(17-6-10-7-20-22-5-1-4-16-13(10)22)12-3-2-11(24-12)8-25-15-18-9-19-21-15/h1-5,7,9H,6,8H2,(H,17,23)(H,18,19,21). The summed E-state index contributed by atoms with van der Waals surface area (Å²) in [7, 11) is 0. The minimum atomic E-state index is -0.286. The van der Waals surface area contributed by atoms with Crippen molar-refractivity contribution < 1.29 is 9.21 Å². The van der Waals surface area contributed by atoms with Crippen LogP contribution in [0.5, 0.6) is 0 Å². The Kier molecular flexibility index (Phi) is 4.17. The number of hydrogen-bond donors (Lipinski definition) is 2. The van der Waals surface area contributed by atoms with Crippen molar-refractivity contribution in [2.24, 2.45) is 0 Å². The van der Waals surface area contributed by atoms with E-state index in [4.69, 9.17) is 4.42 Å². The third-order valence-electron chi connectivity index (χ3n) is 3.42. The van der Waals surface area contributed by atoms with Gasteiger partial charge in [0, 0.05) is 24.5 Å². The van der Waals surface area contributed by atoms with Gasteiger partial charge >= 0.3 is 0 Å². The Morgan fingerprint density at radius 1 is 1.36 bits per heavy atom. The smallest absolute Gasteiger partial charge is 0.287 e. The van der Waals surface area contributed by atoms with Gasteiger partial charge in [-0.15, -0.1) is 0 Å². The molecule has 2 N–H and O–H groups in total. The second-order valence-electron chi connectivity index (χ2n) is 5.09. The fraction of sp³-hybridized carbons (Fsp3) is 0.133. The van der Waals surface area contributed by atoms with Crippen LogP contribution in [-0.2, 0) is 12.3 Å². The molecule has 0 radical (unpaired) electrons. The van der Waals surface area contributed by atoms with Gasteiger partial charge in [-0.25, -0.2) is 14.5 Å². The van der Waals surface area contributed by atoms with Gasteiger partial charge in [0.2, 0.25) is 0 Å². The average molecular weight is 355 g/mol. The minimum Gasteiger partial charge on any atom is -0.455 e. The number of nitrogens with one attached hydrogen (secondary N) is 2. The van der Waals surface area contributed by atoms with E-state index in [9.17, 15) is 4.79 Å². The third kappa shape index (κ3) is 3.38. The van der Waals surface area contributed by atoms with Crippen molar-refractivity contribution in [2.75, 3.05) is 0 Å². The van der Waals surface area contributed by atoms with E-state index in [-0.39, 0.29) is 11.7 Å². The number of rotatable bonds is 6. The molecule has 25 heavy (non-hydrogen) atoms. The highest BCUT2D eigenvalue weighted by Gasteiger charge is 2.13. The summed E-state index contributed by atoms with van der Waals surface area (Å²) >= 11 is 1.44. The molecule has 4 aromatic heterocycles. The molecular weight excluding hydrogens is 342 g/mol. The first-order valence-electron chi connectivity index (χ1n) is 7.42. The lowest BCUT2D eigenvalue weighted by Gasteiger charge is -2.01. The van der Waals surface area contributed by atoms with E-state index in [1.807, 2.05) is 0 Å². The first kappa shape index (κ1) is 15.4. The maximum Gasteiger partial charge on any atom is 0.287 e. The van der Waals surface area contributed by atoms with E-state index in [2.05, 4.69) is 30.6 Å². The number of hydrogen-bond acceptors (Lipinski definition) is 7. The van der Waals surface area contributed by atoms with Gasteiger partial charge in [-0.1, -0.05) is 11.8 Å². The van der Waals surface area contributed by atoms with Crippen LogP contribution >= 0.6 is 11.8 Å². The summed E-state index contributed by atoms with van der Waals surface area (Å²) in [6.07, 6.45) is 6.62. The largest absolute Gasteiger partial charge is 0.455 e. The lowest BCUT2D eigenvalue weighted by atomic mass is 10.3. The molecule has 0 spiro atoms. The molecule has 126 valence electrons. The summed E-state index contributed by atoms with van der Waals surface area (Å²) < 4.78 is 7.23. The van der Waals surface area contributed by atoms with Crippen molar-refractivity contribution >= 4 is 23.3 Å². The average Bonchev–Trinajstić information content (AvgIpc) is 3.38. The SMILES string of the molecule is O=C(NCc1cnn2cccnc12)c1ccc(CSc2ncn[nH]2)o1. The zero-order chi connectivity index (χ0) is 17.1. The predicted octanol–water partition coefficient (Wildman–Crippen LogP) is 1.66. The van der Waals surface area contributed by atoms with Gasteiger partial charge < -0.3 is 9.73 Å². The quantitative estimate of drug-likeness (QED) is 0.506. The number of carbonyl (C=O) groups excluding carboxylic acids is 1. The number of fused-ring (bicyclic) bond motifs is 1. The first-order chi connectivity index (χ1) is 12.3. The molecule has 0 aromatic carbocycles. The Hall–Kier alpha value is -3.14. The van der Waals surface area contributed by atoms with Crippen molar-refractivity contribution in [1.82, 2.24) is 35.1 Å². The fourth-order valence-electron chi connectivity index (χ4n) is 2.24. The number of amides is 1. The number of H-pyrrole nitrogens is 1. The van der Waals surface area contributed by atoms with Crippen molar-refractivity contribution in [1.29, 1.82) is 0 Å². The van der Waals surface area contributed by atoms with Crippen LogP contribution in [0.2, 0.25) is 0 Å². The van der Waals surface area contributed by atoms with Gasteiger partial charge in [-0.3, -0.25) is 9.89 Å². The number of furan rings is 1. The molecule has 0 saturated carbocycles. The molecular formula is C15H13N7O2S. The van der Waals surface area contributed by atoms with E-state index < -0.39 is 0 Å². The van der Waals surface area contributed by atoms with Gasteiger partial charge in [0.05, 0.1) is 11.9 Å². The molecule has 0 aliphatic rings. The van der Waals surface area contributed by atoms with Crippen LogP contribution in [0.1, 0.15) is 21.9 Å². The number of aromatic nitrogens is 6. The van der Waals surface area contributed by atoms with Crippen molar-refractivity contribution in [3.8, 4) is 0 Å². The van der Waals surface area contributed by atoms with Crippen LogP contribution in [-0.4, -0.2) is 35.7 Å². The van der Waals surface area contributed by atoms with Crippen molar-refractivity contribution in [3.63, 3.8) is 0 Å². The molecule has 0 aliphatic carbocycles. The molecule has 0 fully saturated rings. The Balaban J connectivity index is 1.36. The highest BCUT2D eigenvalue weighted by atomic mass is 32.2. The maximum atomic E-state index is 12.2. The zero-order valence-corrected chi connectivity index (χ0v) is 13.7. The predicted molar refractivity (Wildman–Crippen MR) is 88.8 cm³/mol. The monoisotopic (exact) mass is 355 g/mol. The van der Waals surface area contributed by atoms with Crippen molar-refractivity contribution in [3.05, 3.63) is 60.2 Å². The van der Waals surface area contributed by atoms with Crippen LogP contribution < -0.4 is 5.32 Å². The number of carbonyl (C=O) groups is 1. The number of nitrogens with zero attached hydrogens (tertiary/aromatic N) is 5. The van der Waals surface area contributed by atoms with Gasteiger partial charge in [-0.2, -0.15) is 10.2 Å². The minimum absolute atomic E-state index is 0.262. The summed E-state index contributed by atoms with van der Waals surface area (Å²) in [5, 5.41) is 14.2. The topological polar surface area (TPSA) is 114 Å². The number of aromatic amines is 1. The highest BCUT2D eigenvalue weighted by molar-refractivity contribution is 7.98. The summed E-state index contributed by atoms with van der Waals surface area (Å²) in [4.78, 5) is 20.5. The van der Waals surface area contributed by atoms with Gasteiger partial charge in [0.1, 0.15) is 12.1 Å². The number of thioether (sulfide) groups is 1. The lowest BCUT2D eigenvalue weighted by Crippen LogP contribution is -2.22. The summed E-state index contributed by atoms with van der Waals surface area (Å²) in [6, 6.07) is 5.22. The van der Waals surface area contributed by atoms with Crippen LogP contribution in [0.4, 0.5) is 0 Å². The van der Waals surface area contributed by atoms with Gasteiger partial charge in [0.25, 0.3) is 5.91 Å². The van der Waals surface area contributed by atoms with Crippen LogP contribution in [0, 0.1) is 0 Å². The van der Waals surface area contributed by atoms with E-state index in [0.29, 0.717) is 28.9 Å². The second kappa shape index (κ2) is 6.77. The van der Waals surface area contributed by atoms with Gasteiger partial charge in [-0.05, 0) is 18.2 Å². The first-order valence-corrected chi connectivity index (χ1v) is 8.40. The van der Waals surface area contributed by atoms with E-state index >= 15 is 0 Å². The Labute approximate surface area is 145 Å². The van der Waals surface area contributed by atoms with Gasteiger partial charge in [0.15, 0.2) is 16.6 Å². The third-order valence-corrected chi connectivity index (χ3v) is 4.32. The molecule has 4 rings (SSSR count). The maximum absolute atomic E-state index is 12.2. The lowest BCUT2D eigenvalue weighted by molar-refractivity contribution is 0.0922. The highest BCUT2D eigenvalue weighted by Crippen LogP contribution is 2.20. The molecule has 1 amide bonds. The molecule has 0 saturated heterocycles. The molecule has 4 aromatic rings. The second-order valence-corrected chi connectivity index (χ2v) is 6.05. The van der Waals surface area contributed by atoms with E-state index in [1.165, 1.54) is 18.1 Å².